The Balaban J connectivity index is 2.21. The molecule has 0 spiro atoms. The van der Waals surface area contributed by atoms with E-state index in [9.17, 15) is 4.79 Å². The molecule has 7 heteroatoms. The number of hydrogen-bond acceptors (Lipinski definition) is 5. The molecule has 0 bridgehead atoms. The number of aldehydes is 1. The second kappa shape index (κ2) is 6.56. The summed E-state index contributed by atoms with van der Waals surface area (Å²) in [6.07, 6.45) is 3.37. The van der Waals surface area contributed by atoms with Gasteiger partial charge in [0.1, 0.15) is 18.1 Å². The Labute approximate surface area is 131 Å². The summed E-state index contributed by atoms with van der Waals surface area (Å²) in [6, 6.07) is 4.73. The van der Waals surface area contributed by atoms with Crippen LogP contribution >= 0.6 is 23.2 Å². The molecule has 1 heterocycles. The number of nitrogens with two attached hydrogens (primary N) is 1. The maximum absolute atomic E-state index is 10.7. The van der Waals surface area contributed by atoms with Crippen LogP contribution in [0.4, 0.5) is 5.69 Å². The van der Waals surface area contributed by atoms with Crippen LogP contribution in [0.5, 0.6) is 5.75 Å². The fourth-order valence-electron chi connectivity index (χ4n) is 1.65. The van der Waals surface area contributed by atoms with Crippen molar-refractivity contribution in [1.29, 1.82) is 5.41 Å². The normalized spacial score (nSPS) is 10.2. The Morgan fingerprint density at radius 1 is 1.33 bits per heavy atom. The number of nitrogens with zero attached hydrogens (tertiary/aromatic N) is 1. The zero-order valence-corrected chi connectivity index (χ0v) is 12.3. The summed E-state index contributed by atoms with van der Waals surface area (Å²) < 4.78 is 5.58. The number of rotatable bonds is 5. The first kappa shape index (κ1) is 15.3. The van der Waals surface area contributed by atoms with Gasteiger partial charge in [-0.3, -0.25) is 15.2 Å². The average Bonchev–Trinajstić information content (AvgIpc) is 2.47. The topological polar surface area (TPSA) is 89.1 Å². The predicted octanol–water partition coefficient (Wildman–Crippen LogP) is 3.12. The summed E-state index contributed by atoms with van der Waals surface area (Å²) in [4.78, 5) is 14.5. The standard InChI is InChI=1S/C14H11Cl2N3O2/c15-11-4-19-5-12(16)10(11)7-21-8-1-2-13(17)9(3-8)14(18)6-20/h1-6,18H,7,17H2. The molecule has 0 unspecified atom stereocenters. The molecule has 1 aromatic heterocycles. The first-order valence-corrected chi connectivity index (χ1v) is 6.63. The highest BCUT2D eigenvalue weighted by Crippen LogP contribution is 2.26. The van der Waals surface area contributed by atoms with Crippen molar-refractivity contribution in [2.45, 2.75) is 6.61 Å². The van der Waals surface area contributed by atoms with Crippen LogP contribution in [0.2, 0.25) is 10.0 Å². The number of nitrogen functional groups attached to an aromatic ring is 1. The van der Waals surface area contributed by atoms with Crippen LogP contribution in [0.15, 0.2) is 30.6 Å². The molecule has 0 aliphatic rings. The van der Waals surface area contributed by atoms with E-state index in [-0.39, 0.29) is 12.3 Å². The number of ether oxygens (including phenoxy) is 1. The molecule has 5 nitrogen and oxygen atoms in total. The van der Waals surface area contributed by atoms with Crippen molar-refractivity contribution in [2.75, 3.05) is 5.73 Å². The Morgan fingerprint density at radius 2 is 2.00 bits per heavy atom. The van der Waals surface area contributed by atoms with Gasteiger partial charge in [-0.2, -0.15) is 0 Å². The number of carbonyl (C=O) groups is 1. The molecule has 21 heavy (non-hydrogen) atoms. The van der Waals surface area contributed by atoms with Gasteiger partial charge in [0.2, 0.25) is 0 Å². The van der Waals surface area contributed by atoms with Crippen LogP contribution in [0.25, 0.3) is 0 Å². The number of benzene rings is 1. The van der Waals surface area contributed by atoms with Crippen molar-refractivity contribution in [3.63, 3.8) is 0 Å². The summed E-state index contributed by atoms with van der Waals surface area (Å²) in [5.74, 6) is 0.453. The first-order chi connectivity index (χ1) is 10.0. The van der Waals surface area contributed by atoms with Crippen molar-refractivity contribution in [3.8, 4) is 5.75 Å². The van der Waals surface area contributed by atoms with E-state index in [0.29, 0.717) is 38.9 Å². The minimum Gasteiger partial charge on any atom is -0.489 e. The Hall–Kier alpha value is -2.11. The maximum Gasteiger partial charge on any atom is 0.168 e. The van der Waals surface area contributed by atoms with Gasteiger partial charge >= 0.3 is 0 Å². The minimum atomic E-state index is -0.210. The molecule has 0 saturated heterocycles. The van der Waals surface area contributed by atoms with Gasteiger partial charge in [0.05, 0.1) is 10.0 Å². The fraction of sp³-hybridized carbons (Fsp3) is 0.0714. The molecule has 0 fully saturated rings. The monoisotopic (exact) mass is 323 g/mol. The highest BCUT2D eigenvalue weighted by molar-refractivity contribution is 6.36. The Bertz CT molecular complexity index is 684. The second-order valence-corrected chi connectivity index (χ2v) is 4.97. The van der Waals surface area contributed by atoms with Crippen LogP contribution in [0.3, 0.4) is 0 Å². The first-order valence-electron chi connectivity index (χ1n) is 5.87. The molecule has 1 aromatic carbocycles. The summed E-state index contributed by atoms with van der Waals surface area (Å²) in [5, 5.41) is 8.33. The zero-order chi connectivity index (χ0) is 15.4. The van der Waals surface area contributed by atoms with E-state index < -0.39 is 0 Å². The van der Waals surface area contributed by atoms with Gasteiger partial charge in [-0.05, 0) is 18.2 Å². The number of hydrogen-bond donors (Lipinski definition) is 2. The van der Waals surface area contributed by atoms with Gasteiger partial charge in [-0.1, -0.05) is 23.2 Å². The SMILES string of the molecule is N=C(C=O)c1cc(OCc2c(Cl)cncc2Cl)ccc1N. The van der Waals surface area contributed by atoms with Gasteiger partial charge in [0.15, 0.2) is 6.29 Å². The number of aromatic nitrogens is 1. The number of anilines is 1. The van der Waals surface area contributed by atoms with E-state index in [1.807, 2.05) is 0 Å². The van der Waals surface area contributed by atoms with Gasteiger partial charge in [-0.15, -0.1) is 0 Å². The zero-order valence-electron chi connectivity index (χ0n) is 10.8. The lowest BCUT2D eigenvalue weighted by molar-refractivity contribution is -0.102. The molecule has 0 saturated carbocycles. The van der Waals surface area contributed by atoms with E-state index >= 15 is 0 Å². The Kier molecular flexibility index (Phi) is 4.77. The number of halogens is 2. The lowest BCUT2D eigenvalue weighted by atomic mass is 10.1. The summed E-state index contributed by atoms with van der Waals surface area (Å²) in [5.41, 5.74) is 6.76. The lowest BCUT2D eigenvalue weighted by Crippen LogP contribution is -2.06. The third kappa shape index (κ3) is 3.51. The van der Waals surface area contributed by atoms with Crippen LogP contribution < -0.4 is 10.5 Å². The smallest absolute Gasteiger partial charge is 0.168 e. The van der Waals surface area contributed by atoms with E-state index in [1.165, 1.54) is 18.5 Å². The number of nitrogens with one attached hydrogen (secondary N) is 1. The molecule has 108 valence electrons. The van der Waals surface area contributed by atoms with E-state index in [4.69, 9.17) is 39.1 Å². The second-order valence-electron chi connectivity index (χ2n) is 4.15. The largest absolute Gasteiger partial charge is 0.489 e. The van der Waals surface area contributed by atoms with Crippen LogP contribution in [-0.2, 0) is 11.4 Å². The Morgan fingerprint density at radius 3 is 2.62 bits per heavy atom. The molecule has 0 amide bonds. The molecule has 0 aliphatic carbocycles. The summed E-state index contributed by atoms with van der Waals surface area (Å²) in [7, 11) is 0. The van der Waals surface area contributed by atoms with Crippen molar-refractivity contribution in [3.05, 3.63) is 51.8 Å². The van der Waals surface area contributed by atoms with Gasteiger partial charge in [0.25, 0.3) is 0 Å². The fourth-order valence-corrected chi connectivity index (χ4v) is 2.13. The summed E-state index contributed by atoms with van der Waals surface area (Å²) >= 11 is 12.0. The van der Waals surface area contributed by atoms with Gasteiger partial charge in [-0.25, -0.2) is 0 Å². The van der Waals surface area contributed by atoms with Crippen molar-refractivity contribution < 1.29 is 9.53 Å². The molecular formula is C14H11Cl2N3O2. The molecule has 3 N–H and O–H groups in total. The van der Waals surface area contributed by atoms with E-state index in [0.717, 1.165) is 0 Å². The average molecular weight is 324 g/mol. The molecule has 0 radical (unpaired) electrons. The van der Waals surface area contributed by atoms with Gasteiger partial charge < -0.3 is 10.5 Å². The molecule has 0 atom stereocenters. The minimum absolute atomic E-state index is 0.137. The van der Waals surface area contributed by atoms with Crippen LogP contribution in [-0.4, -0.2) is 17.0 Å². The number of carbonyl (C=O) groups excluding carboxylic acids is 1. The summed E-state index contributed by atoms with van der Waals surface area (Å²) in [6.45, 7) is 0.137. The molecule has 2 aromatic rings. The lowest BCUT2D eigenvalue weighted by Gasteiger charge is -2.11. The van der Waals surface area contributed by atoms with Crippen molar-refractivity contribution in [1.82, 2.24) is 4.98 Å². The highest BCUT2D eigenvalue weighted by atomic mass is 35.5. The quantitative estimate of drug-likeness (QED) is 0.502. The van der Waals surface area contributed by atoms with Gasteiger partial charge in [0, 0.05) is 29.2 Å². The molecular weight excluding hydrogens is 313 g/mol. The third-order valence-corrected chi connectivity index (χ3v) is 3.42. The highest BCUT2D eigenvalue weighted by Gasteiger charge is 2.10. The van der Waals surface area contributed by atoms with Crippen molar-refractivity contribution in [2.24, 2.45) is 0 Å². The number of pyridine rings is 1. The van der Waals surface area contributed by atoms with Crippen LogP contribution in [0, 0.1) is 5.41 Å². The van der Waals surface area contributed by atoms with E-state index in [1.54, 1.807) is 12.1 Å². The predicted molar refractivity (Wildman–Crippen MR) is 82.3 cm³/mol. The third-order valence-electron chi connectivity index (χ3n) is 2.77. The molecule has 2 rings (SSSR count). The maximum atomic E-state index is 10.7. The molecule has 0 aliphatic heterocycles. The van der Waals surface area contributed by atoms with Crippen LogP contribution in [0.1, 0.15) is 11.1 Å². The van der Waals surface area contributed by atoms with Crippen molar-refractivity contribution >= 4 is 40.9 Å². The van der Waals surface area contributed by atoms with E-state index in [2.05, 4.69) is 4.98 Å².